The number of benzene rings is 1. The van der Waals surface area contributed by atoms with Crippen molar-refractivity contribution in [3.8, 4) is 0 Å². The molecule has 0 aromatic heterocycles. The zero-order chi connectivity index (χ0) is 13.5. The van der Waals surface area contributed by atoms with Crippen molar-refractivity contribution in [3.05, 3.63) is 58.7 Å². The van der Waals surface area contributed by atoms with Crippen LogP contribution in [0.2, 0.25) is 0 Å². The van der Waals surface area contributed by atoms with Crippen LogP contribution in [0.25, 0.3) is 10.4 Å². The van der Waals surface area contributed by atoms with Crippen molar-refractivity contribution in [1.29, 1.82) is 0 Å². The third-order valence-corrected chi connectivity index (χ3v) is 3.13. The summed E-state index contributed by atoms with van der Waals surface area (Å²) in [5.41, 5.74) is 9.71. The maximum absolute atomic E-state index is 8.60. The Morgan fingerprint density at radius 3 is 2.89 bits per heavy atom. The number of hydrogen-bond acceptors (Lipinski definition) is 3. The van der Waals surface area contributed by atoms with E-state index in [0.717, 1.165) is 5.56 Å². The first-order valence-electron chi connectivity index (χ1n) is 6.29. The lowest BCUT2D eigenvalue weighted by Gasteiger charge is -2.29. The van der Waals surface area contributed by atoms with E-state index >= 15 is 0 Å². The molecule has 0 bridgehead atoms. The van der Waals surface area contributed by atoms with E-state index < -0.39 is 0 Å². The maximum Gasteiger partial charge on any atom is 0.130 e. The lowest BCUT2D eigenvalue weighted by atomic mass is 9.96. The first-order valence-corrected chi connectivity index (χ1v) is 6.29. The fourth-order valence-corrected chi connectivity index (χ4v) is 2.05. The van der Waals surface area contributed by atoms with Gasteiger partial charge in [-0.2, -0.15) is 0 Å². The molecule has 1 aliphatic heterocycles. The molecule has 0 spiro atoms. The van der Waals surface area contributed by atoms with Gasteiger partial charge in [-0.3, -0.25) is 0 Å². The summed E-state index contributed by atoms with van der Waals surface area (Å²) >= 11 is 0. The van der Waals surface area contributed by atoms with Gasteiger partial charge >= 0.3 is 0 Å². The molecular weight excluding hydrogens is 242 g/mol. The molecule has 2 rings (SSSR count). The SMILES string of the molecule is C[C@@H]1C=COC(COCc2ccccc2)[C@@H]1N=[N+]=[N-]. The highest BCUT2D eigenvalue weighted by atomic mass is 16.5. The molecule has 1 aromatic carbocycles. The second kappa shape index (κ2) is 6.83. The van der Waals surface area contributed by atoms with Crippen LogP contribution in [0.3, 0.4) is 0 Å². The Balaban J connectivity index is 1.87. The highest BCUT2D eigenvalue weighted by Gasteiger charge is 2.28. The van der Waals surface area contributed by atoms with Crippen LogP contribution in [0.5, 0.6) is 0 Å². The normalized spacial score (nSPS) is 25.4. The average molecular weight is 259 g/mol. The van der Waals surface area contributed by atoms with Gasteiger partial charge in [-0.25, -0.2) is 0 Å². The van der Waals surface area contributed by atoms with Gasteiger partial charge in [0.1, 0.15) is 6.10 Å². The van der Waals surface area contributed by atoms with Gasteiger partial charge in [0, 0.05) is 4.91 Å². The molecule has 19 heavy (non-hydrogen) atoms. The monoisotopic (exact) mass is 259 g/mol. The van der Waals surface area contributed by atoms with E-state index in [1.807, 2.05) is 43.3 Å². The summed E-state index contributed by atoms with van der Waals surface area (Å²) in [5, 5.41) is 3.80. The average Bonchev–Trinajstić information content (AvgIpc) is 2.44. The van der Waals surface area contributed by atoms with E-state index in [4.69, 9.17) is 15.0 Å². The van der Waals surface area contributed by atoms with Gasteiger partial charge in [-0.1, -0.05) is 42.4 Å². The van der Waals surface area contributed by atoms with Crippen LogP contribution in [0.15, 0.2) is 47.8 Å². The summed E-state index contributed by atoms with van der Waals surface area (Å²) in [7, 11) is 0. The van der Waals surface area contributed by atoms with Crippen LogP contribution >= 0.6 is 0 Å². The summed E-state index contributed by atoms with van der Waals surface area (Å²) in [6.45, 7) is 2.94. The van der Waals surface area contributed by atoms with Crippen molar-refractivity contribution in [3.63, 3.8) is 0 Å². The highest BCUT2D eigenvalue weighted by Crippen LogP contribution is 2.21. The summed E-state index contributed by atoms with van der Waals surface area (Å²) in [6, 6.07) is 9.72. The molecule has 0 aliphatic carbocycles. The summed E-state index contributed by atoms with van der Waals surface area (Å²) in [4.78, 5) is 2.88. The Morgan fingerprint density at radius 2 is 2.16 bits per heavy atom. The lowest BCUT2D eigenvalue weighted by Crippen LogP contribution is -2.37. The molecule has 1 aliphatic rings. The number of hydrogen-bond donors (Lipinski definition) is 0. The van der Waals surface area contributed by atoms with Crippen LogP contribution in [-0.2, 0) is 16.1 Å². The van der Waals surface area contributed by atoms with Gasteiger partial charge in [0.15, 0.2) is 0 Å². The van der Waals surface area contributed by atoms with Gasteiger partial charge in [0.05, 0.1) is 25.5 Å². The molecule has 0 saturated carbocycles. The van der Waals surface area contributed by atoms with Crippen LogP contribution in [0.1, 0.15) is 12.5 Å². The molecule has 1 heterocycles. The van der Waals surface area contributed by atoms with Gasteiger partial charge in [0.25, 0.3) is 0 Å². The largest absolute Gasteiger partial charge is 0.495 e. The standard InChI is InChI=1S/C14H17N3O2/c1-11-7-8-19-13(14(11)16-17-15)10-18-9-12-5-3-2-4-6-12/h2-8,11,13-14H,9-10H2,1H3/t11-,13?,14-/m1/s1. The smallest absolute Gasteiger partial charge is 0.130 e. The predicted molar refractivity (Wildman–Crippen MR) is 72.2 cm³/mol. The molecule has 0 radical (unpaired) electrons. The maximum atomic E-state index is 8.60. The number of azide groups is 1. The van der Waals surface area contributed by atoms with E-state index in [1.54, 1.807) is 6.26 Å². The third-order valence-electron chi connectivity index (χ3n) is 3.13. The summed E-state index contributed by atoms with van der Waals surface area (Å²) in [5.74, 6) is 0.162. The van der Waals surface area contributed by atoms with E-state index in [-0.39, 0.29) is 18.1 Å². The minimum Gasteiger partial charge on any atom is -0.495 e. The van der Waals surface area contributed by atoms with Crippen molar-refractivity contribution in [2.24, 2.45) is 11.0 Å². The molecule has 3 atom stereocenters. The summed E-state index contributed by atoms with van der Waals surface area (Å²) < 4.78 is 11.1. The topological polar surface area (TPSA) is 67.2 Å². The molecular formula is C14H17N3O2. The molecule has 100 valence electrons. The molecule has 0 amide bonds. The first-order chi connectivity index (χ1) is 9.31. The number of ether oxygens (including phenoxy) is 2. The molecule has 0 saturated heterocycles. The van der Waals surface area contributed by atoms with Crippen LogP contribution < -0.4 is 0 Å². The van der Waals surface area contributed by atoms with Gasteiger partial charge in [-0.05, 0) is 23.1 Å². The molecule has 0 fully saturated rings. The Morgan fingerprint density at radius 1 is 1.37 bits per heavy atom. The molecule has 1 aromatic rings. The van der Waals surface area contributed by atoms with Gasteiger partial charge < -0.3 is 9.47 Å². The fraction of sp³-hybridized carbons (Fsp3) is 0.429. The van der Waals surface area contributed by atoms with Crippen molar-refractivity contribution in [2.75, 3.05) is 6.61 Å². The molecule has 5 nitrogen and oxygen atoms in total. The Kier molecular flexibility index (Phi) is 4.84. The second-order valence-corrected chi connectivity index (χ2v) is 4.56. The van der Waals surface area contributed by atoms with Crippen molar-refractivity contribution in [2.45, 2.75) is 25.7 Å². The number of rotatable bonds is 5. The lowest BCUT2D eigenvalue weighted by molar-refractivity contribution is -0.00646. The quantitative estimate of drug-likeness (QED) is 0.462. The summed E-state index contributed by atoms with van der Waals surface area (Å²) in [6.07, 6.45) is 3.33. The van der Waals surface area contributed by atoms with Crippen LogP contribution in [0.4, 0.5) is 0 Å². The van der Waals surface area contributed by atoms with Crippen LogP contribution in [-0.4, -0.2) is 18.8 Å². The zero-order valence-electron chi connectivity index (χ0n) is 10.8. The Bertz CT molecular complexity index is 469. The third kappa shape index (κ3) is 3.74. The first kappa shape index (κ1) is 13.5. The Labute approximate surface area is 112 Å². The highest BCUT2D eigenvalue weighted by molar-refractivity contribution is 5.13. The fourth-order valence-electron chi connectivity index (χ4n) is 2.05. The van der Waals surface area contributed by atoms with E-state index in [2.05, 4.69) is 10.0 Å². The number of nitrogens with zero attached hydrogens (tertiary/aromatic N) is 3. The van der Waals surface area contributed by atoms with Crippen molar-refractivity contribution >= 4 is 0 Å². The second-order valence-electron chi connectivity index (χ2n) is 4.56. The van der Waals surface area contributed by atoms with Gasteiger partial charge in [-0.15, -0.1) is 0 Å². The van der Waals surface area contributed by atoms with Crippen LogP contribution in [0, 0.1) is 5.92 Å². The molecule has 0 N–H and O–H groups in total. The van der Waals surface area contributed by atoms with Gasteiger partial charge in [0.2, 0.25) is 0 Å². The van der Waals surface area contributed by atoms with E-state index in [9.17, 15) is 0 Å². The minimum absolute atomic E-state index is 0.162. The molecule has 5 heteroatoms. The zero-order valence-corrected chi connectivity index (χ0v) is 10.8. The van der Waals surface area contributed by atoms with Crippen molar-refractivity contribution in [1.82, 2.24) is 0 Å². The Hall–Kier alpha value is -1.97. The van der Waals surface area contributed by atoms with E-state index in [1.165, 1.54) is 0 Å². The van der Waals surface area contributed by atoms with E-state index in [0.29, 0.717) is 13.2 Å². The predicted octanol–water partition coefficient (Wildman–Crippen LogP) is 3.43. The van der Waals surface area contributed by atoms with Crippen molar-refractivity contribution < 1.29 is 9.47 Å². The molecule has 1 unspecified atom stereocenters. The minimum atomic E-state index is -0.223.